The number of aryl methyl sites for hydroxylation is 1. The van der Waals surface area contributed by atoms with Crippen LogP contribution >= 0.6 is 0 Å². The van der Waals surface area contributed by atoms with Crippen LogP contribution in [0, 0.1) is 12.7 Å². The smallest absolute Gasteiger partial charge is 0.303 e. The molecule has 0 amide bonds. The van der Waals surface area contributed by atoms with Crippen molar-refractivity contribution in [3.63, 3.8) is 0 Å². The quantitative estimate of drug-likeness (QED) is 0.858. The minimum absolute atomic E-state index is 0.0941. The molecule has 0 spiro atoms. The maximum Gasteiger partial charge on any atom is 0.303 e. The summed E-state index contributed by atoms with van der Waals surface area (Å²) in [7, 11) is 1.51. The van der Waals surface area contributed by atoms with Crippen LogP contribution in [0.3, 0.4) is 0 Å². The summed E-state index contributed by atoms with van der Waals surface area (Å²) in [5.41, 5.74) is 1.08. The Hall–Kier alpha value is -1.58. The summed E-state index contributed by atoms with van der Waals surface area (Å²) in [4.78, 5) is 10.6. The van der Waals surface area contributed by atoms with Gasteiger partial charge < -0.3 is 9.84 Å². The van der Waals surface area contributed by atoms with Gasteiger partial charge >= 0.3 is 5.97 Å². The van der Waals surface area contributed by atoms with E-state index in [1.54, 1.807) is 19.9 Å². The molecule has 0 saturated heterocycles. The number of aliphatic carboxylic acids is 1. The van der Waals surface area contributed by atoms with Crippen molar-refractivity contribution >= 4 is 5.97 Å². The summed E-state index contributed by atoms with van der Waals surface area (Å²) in [5, 5.41) is 8.66. The van der Waals surface area contributed by atoms with Gasteiger partial charge in [0.1, 0.15) is 11.6 Å². The molecule has 0 bridgehead atoms. The number of carboxylic acids is 1. The van der Waals surface area contributed by atoms with Gasteiger partial charge in [-0.3, -0.25) is 4.79 Å². The summed E-state index contributed by atoms with van der Waals surface area (Å²) in [6, 6.07) is 2.94. The highest BCUT2D eigenvalue weighted by atomic mass is 19.1. The van der Waals surface area contributed by atoms with Gasteiger partial charge in [0.2, 0.25) is 0 Å². The van der Waals surface area contributed by atoms with Crippen molar-refractivity contribution in [2.24, 2.45) is 0 Å². The molecule has 1 rings (SSSR count). The van der Waals surface area contributed by atoms with Crippen LogP contribution < -0.4 is 4.74 Å². The zero-order valence-corrected chi connectivity index (χ0v) is 9.58. The van der Waals surface area contributed by atoms with Crippen molar-refractivity contribution in [2.45, 2.75) is 26.2 Å². The molecule has 0 heterocycles. The summed E-state index contributed by atoms with van der Waals surface area (Å²) in [6.45, 7) is 3.43. The molecule has 0 fully saturated rings. The van der Waals surface area contributed by atoms with Gasteiger partial charge in [-0.15, -0.1) is 0 Å². The van der Waals surface area contributed by atoms with Gasteiger partial charge in [0.05, 0.1) is 13.5 Å². The van der Waals surface area contributed by atoms with Gasteiger partial charge in [0, 0.05) is 0 Å². The van der Waals surface area contributed by atoms with Crippen molar-refractivity contribution in [3.05, 3.63) is 29.1 Å². The number of hydrogen-bond acceptors (Lipinski definition) is 2. The first-order valence-electron chi connectivity index (χ1n) is 5.01. The van der Waals surface area contributed by atoms with E-state index >= 15 is 0 Å². The molecule has 0 aliphatic carbocycles. The Labute approximate surface area is 93.9 Å². The summed E-state index contributed by atoms with van der Waals surface area (Å²) >= 11 is 0. The molecule has 0 aromatic heterocycles. The van der Waals surface area contributed by atoms with E-state index in [-0.39, 0.29) is 18.2 Å². The third kappa shape index (κ3) is 2.72. The number of ether oxygens (including phenoxy) is 1. The summed E-state index contributed by atoms with van der Waals surface area (Å²) in [6.07, 6.45) is -0.0941. The van der Waals surface area contributed by atoms with Gasteiger partial charge in [0.25, 0.3) is 0 Å². The van der Waals surface area contributed by atoms with Crippen LogP contribution in [-0.2, 0) is 4.79 Å². The van der Waals surface area contributed by atoms with Crippen LogP contribution in [0.2, 0.25) is 0 Å². The van der Waals surface area contributed by atoms with Crippen molar-refractivity contribution in [1.29, 1.82) is 0 Å². The second-order valence-electron chi connectivity index (χ2n) is 3.84. The highest BCUT2D eigenvalue weighted by Crippen LogP contribution is 2.28. The lowest BCUT2D eigenvalue weighted by Gasteiger charge is -2.13. The third-order valence-electron chi connectivity index (χ3n) is 2.53. The molecule has 1 atom stereocenters. The molecule has 0 saturated carbocycles. The molecule has 0 aliphatic heterocycles. The number of hydrogen-bond donors (Lipinski definition) is 1. The van der Waals surface area contributed by atoms with Crippen molar-refractivity contribution in [3.8, 4) is 5.75 Å². The molecule has 0 aliphatic rings. The fraction of sp³-hybridized carbons (Fsp3) is 0.417. The van der Waals surface area contributed by atoms with Crippen LogP contribution in [-0.4, -0.2) is 18.2 Å². The lowest BCUT2D eigenvalue weighted by molar-refractivity contribution is -0.137. The maximum atomic E-state index is 13.6. The average molecular weight is 226 g/mol. The Morgan fingerprint density at radius 1 is 1.56 bits per heavy atom. The Morgan fingerprint density at radius 2 is 2.19 bits per heavy atom. The normalized spacial score (nSPS) is 12.2. The molecule has 1 aromatic rings. The Bertz CT molecular complexity index is 401. The van der Waals surface area contributed by atoms with E-state index in [0.29, 0.717) is 16.9 Å². The number of methoxy groups -OCH3 is 1. The molecule has 16 heavy (non-hydrogen) atoms. The number of carboxylic acid groups (broad SMARTS) is 1. The van der Waals surface area contributed by atoms with Crippen molar-refractivity contribution in [1.82, 2.24) is 0 Å². The van der Waals surface area contributed by atoms with E-state index < -0.39 is 5.97 Å². The predicted octanol–water partition coefficient (Wildman–Crippen LogP) is 2.72. The highest BCUT2D eigenvalue weighted by Gasteiger charge is 2.16. The minimum atomic E-state index is -0.938. The number of carbonyl (C=O) groups is 1. The monoisotopic (exact) mass is 226 g/mol. The third-order valence-corrected chi connectivity index (χ3v) is 2.53. The predicted molar refractivity (Wildman–Crippen MR) is 58.4 cm³/mol. The molecular formula is C12H15FO3. The Kier molecular flexibility index (Phi) is 3.88. The van der Waals surface area contributed by atoms with E-state index in [0.717, 1.165) is 0 Å². The molecule has 1 unspecified atom stereocenters. The summed E-state index contributed by atoms with van der Waals surface area (Å²) < 4.78 is 18.7. The zero-order valence-electron chi connectivity index (χ0n) is 9.58. The van der Waals surface area contributed by atoms with Crippen LogP contribution in [0.4, 0.5) is 4.39 Å². The van der Waals surface area contributed by atoms with Crippen LogP contribution in [0.1, 0.15) is 30.4 Å². The van der Waals surface area contributed by atoms with Crippen LogP contribution in [0.15, 0.2) is 12.1 Å². The average Bonchev–Trinajstić information content (AvgIpc) is 2.16. The molecule has 4 heteroatoms. The Morgan fingerprint density at radius 3 is 2.69 bits per heavy atom. The standard InChI is InChI=1S/C12H15FO3/c1-7(5-12(14)15)9-6-11(16-3)8(2)4-10(9)13/h4,6-7H,5H2,1-3H3,(H,14,15). The fourth-order valence-electron chi connectivity index (χ4n) is 1.64. The second kappa shape index (κ2) is 4.96. The number of rotatable bonds is 4. The van der Waals surface area contributed by atoms with Crippen LogP contribution in [0.25, 0.3) is 0 Å². The van der Waals surface area contributed by atoms with Crippen molar-refractivity contribution in [2.75, 3.05) is 7.11 Å². The first-order valence-corrected chi connectivity index (χ1v) is 5.01. The zero-order chi connectivity index (χ0) is 12.3. The molecule has 88 valence electrons. The first-order chi connectivity index (χ1) is 7.45. The second-order valence-corrected chi connectivity index (χ2v) is 3.84. The van der Waals surface area contributed by atoms with Crippen LogP contribution in [0.5, 0.6) is 5.75 Å². The molecule has 0 radical (unpaired) electrons. The van der Waals surface area contributed by atoms with Gasteiger partial charge in [-0.2, -0.15) is 0 Å². The van der Waals surface area contributed by atoms with E-state index in [1.165, 1.54) is 13.2 Å². The molecular weight excluding hydrogens is 211 g/mol. The topological polar surface area (TPSA) is 46.5 Å². The number of halogens is 1. The van der Waals surface area contributed by atoms with E-state index in [4.69, 9.17) is 9.84 Å². The molecule has 1 aromatic carbocycles. The molecule has 1 N–H and O–H groups in total. The van der Waals surface area contributed by atoms with E-state index in [1.807, 2.05) is 0 Å². The minimum Gasteiger partial charge on any atom is -0.496 e. The first kappa shape index (κ1) is 12.5. The van der Waals surface area contributed by atoms with Gasteiger partial charge in [-0.1, -0.05) is 6.92 Å². The summed E-state index contributed by atoms with van der Waals surface area (Å²) in [5.74, 6) is -1.11. The SMILES string of the molecule is COc1cc(C(C)CC(=O)O)c(F)cc1C. The fourth-order valence-corrected chi connectivity index (χ4v) is 1.64. The lowest BCUT2D eigenvalue weighted by Crippen LogP contribution is -2.05. The molecule has 3 nitrogen and oxygen atoms in total. The van der Waals surface area contributed by atoms with Gasteiger partial charge in [-0.05, 0) is 36.1 Å². The van der Waals surface area contributed by atoms with Gasteiger partial charge in [0.15, 0.2) is 0 Å². The maximum absolute atomic E-state index is 13.6. The van der Waals surface area contributed by atoms with Gasteiger partial charge in [-0.25, -0.2) is 4.39 Å². The van der Waals surface area contributed by atoms with E-state index in [2.05, 4.69) is 0 Å². The Balaban J connectivity index is 3.08. The largest absolute Gasteiger partial charge is 0.496 e. The van der Waals surface area contributed by atoms with E-state index in [9.17, 15) is 9.18 Å². The van der Waals surface area contributed by atoms with Crippen molar-refractivity contribution < 1.29 is 19.0 Å². The number of benzene rings is 1. The highest BCUT2D eigenvalue weighted by molar-refractivity contribution is 5.68. The lowest BCUT2D eigenvalue weighted by atomic mass is 9.96.